The summed E-state index contributed by atoms with van der Waals surface area (Å²) in [7, 11) is 4.38. The second-order valence-electron chi connectivity index (χ2n) is 4.98. The predicted octanol–water partition coefficient (Wildman–Crippen LogP) is 0.855. The third-order valence-corrected chi connectivity index (χ3v) is 3.61. The minimum Gasteiger partial charge on any atom is -0.377 e. The Morgan fingerprint density at radius 2 is 2.00 bits per heavy atom. The standard InChI is InChI=1S/C11H20NO/c1-6-11(13)7-10(3)12(4,5)8-9(11)2/h1,9-10,13H,7-8H2,2-5H3/q+1/t9-,10+,11+/m1/s1. The minimum absolute atomic E-state index is 0.184. The molecule has 2 heteroatoms. The van der Waals surface area contributed by atoms with Gasteiger partial charge in [-0.2, -0.15) is 0 Å². The van der Waals surface area contributed by atoms with Crippen LogP contribution in [0.1, 0.15) is 20.3 Å². The lowest BCUT2D eigenvalue weighted by atomic mass is 9.79. The van der Waals surface area contributed by atoms with Gasteiger partial charge in [0.1, 0.15) is 5.60 Å². The highest BCUT2D eigenvalue weighted by molar-refractivity contribution is 5.11. The first-order valence-electron chi connectivity index (χ1n) is 4.84. The van der Waals surface area contributed by atoms with E-state index in [1.165, 1.54) is 0 Å². The molecule has 0 saturated carbocycles. The fourth-order valence-corrected chi connectivity index (χ4v) is 2.14. The summed E-state index contributed by atoms with van der Waals surface area (Å²) in [6.45, 7) is 5.13. The molecule has 0 aliphatic carbocycles. The molecule has 2 nitrogen and oxygen atoms in total. The zero-order chi connectivity index (χ0) is 10.3. The number of hydrogen-bond donors (Lipinski definition) is 1. The summed E-state index contributed by atoms with van der Waals surface area (Å²) in [5.74, 6) is 2.73. The van der Waals surface area contributed by atoms with Crippen molar-refractivity contribution in [2.24, 2.45) is 5.92 Å². The van der Waals surface area contributed by atoms with Crippen LogP contribution in [0.3, 0.4) is 0 Å². The molecule has 1 saturated heterocycles. The van der Waals surface area contributed by atoms with Gasteiger partial charge in [-0.15, -0.1) is 6.42 Å². The van der Waals surface area contributed by atoms with E-state index in [1.807, 2.05) is 6.92 Å². The predicted molar refractivity (Wildman–Crippen MR) is 54.0 cm³/mol. The van der Waals surface area contributed by atoms with Crippen molar-refractivity contribution in [1.29, 1.82) is 0 Å². The van der Waals surface area contributed by atoms with Crippen LogP contribution in [0.2, 0.25) is 0 Å². The molecule has 0 amide bonds. The van der Waals surface area contributed by atoms with Crippen LogP contribution in [0.25, 0.3) is 0 Å². The van der Waals surface area contributed by atoms with Crippen molar-refractivity contribution in [2.45, 2.75) is 31.9 Å². The molecule has 74 valence electrons. The molecule has 0 unspecified atom stereocenters. The van der Waals surface area contributed by atoms with E-state index in [1.54, 1.807) is 0 Å². The van der Waals surface area contributed by atoms with E-state index in [-0.39, 0.29) is 5.92 Å². The smallest absolute Gasteiger partial charge is 0.138 e. The Morgan fingerprint density at radius 3 is 2.46 bits per heavy atom. The maximum atomic E-state index is 10.1. The monoisotopic (exact) mass is 182 g/mol. The molecule has 1 N–H and O–H groups in total. The summed E-state index contributed by atoms with van der Waals surface area (Å²) in [6, 6.07) is 0.428. The second-order valence-corrected chi connectivity index (χ2v) is 4.98. The van der Waals surface area contributed by atoms with Crippen molar-refractivity contribution in [3.8, 4) is 12.3 Å². The number of nitrogens with zero attached hydrogens (tertiary/aromatic N) is 1. The van der Waals surface area contributed by atoms with E-state index in [0.717, 1.165) is 11.0 Å². The summed E-state index contributed by atoms with van der Waals surface area (Å²) in [4.78, 5) is 0. The molecule has 1 rings (SSSR count). The summed E-state index contributed by atoms with van der Waals surface area (Å²) in [5.41, 5.74) is -0.882. The van der Waals surface area contributed by atoms with Crippen LogP contribution in [0, 0.1) is 18.3 Å². The zero-order valence-corrected chi connectivity index (χ0v) is 9.04. The van der Waals surface area contributed by atoms with Gasteiger partial charge in [-0.25, -0.2) is 0 Å². The molecule has 0 aromatic carbocycles. The molecule has 0 bridgehead atoms. The molecule has 0 radical (unpaired) electrons. The van der Waals surface area contributed by atoms with E-state index < -0.39 is 5.60 Å². The van der Waals surface area contributed by atoms with Crippen LogP contribution in [-0.4, -0.2) is 41.9 Å². The number of quaternary nitrogens is 1. The van der Waals surface area contributed by atoms with Gasteiger partial charge in [-0.3, -0.25) is 0 Å². The van der Waals surface area contributed by atoms with E-state index in [0.29, 0.717) is 12.5 Å². The fraction of sp³-hybridized carbons (Fsp3) is 0.818. The molecule has 1 fully saturated rings. The van der Waals surface area contributed by atoms with Crippen molar-refractivity contribution in [3.05, 3.63) is 0 Å². The fourth-order valence-electron chi connectivity index (χ4n) is 2.14. The Labute approximate surface area is 81.1 Å². The molecule has 0 aromatic heterocycles. The lowest BCUT2D eigenvalue weighted by molar-refractivity contribution is -0.923. The molecule has 0 spiro atoms. The number of likely N-dealkylation sites (tertiary alicyclic amines) is 1. The molecule has 3 atom stereocenters. The van der Waals surface area contributed by atoms with Gasteiger partial charge in [-0.1, -0.05) is 12.8 Å². The largest absolute Gasteiger partial charge is 0.377 e. The van der Waals surface area contributed by atoms with Gasteiger partial charge in [0.05, 0.1) is 26.7 Å². The highest BCUT2D eigenvalue weighted by atomic mass is 16.3. The summed E-state index contributed by atoms with van der Waals surface area (Å²) < 4.78 is 0.950. The van der Waals surface area contributed by atoms with Crippen LogP contribution in [-0.2, 0) is 0 Å². The van der Waals surface area contributed by atoms with Crippen LogP contribution in [0.15, 0.2) is 0 Å². The normalized spacial score (nSPS) is 44.0. The van der Waals surface area contributed by atoms with Gasteiger partial charge in [-0.05, 0) is 6.92 Å². The van der Waals surface area contributed by atoms with Gasteiger partial charge < -0.3 is 9.59 Å². The Hall–Kier alpha value is -0.520. The molecule has 13 heavy (non-hydrogen) atoms. The zero-order valence-electron chi connectivity index (χ0n) is 9.04. The summed E-state index contributed by atoms with van der Waals surface area (Å²) >= 11 is 0. The second kappa shape index (κ2) is 3.01. The minimum atomic E-state index is -0.882. The SMILES string of the molecule is C#C[C@]1(O)C[C@H](C)[N+](C)(C)C[C@H]1C. The first kappa shape index (κ1) is 10.6. The van der Waals surface area contributed by atoms with Crippen LogP contribution in [0.4, 0.5) is 0 Å². The highest BCUT2D eigenvalue weighted by Gasteiger charge is 2.46. The average molecular weight is 182 g/mol. The topological polar surface area (TPSA) is 20.2 Å². The number of terminal acetylenes is 1. The molecule has 0 aromatic rings. The Balaban J connectivity index is 2.87. The van der Waals surface area contributed by atoms with Crippen LogP contribution < -0.4 is 0 Å². The maximum absolute atomic E-state index is 10.1. The number of rotatable bonds is 0. The maximum Gasteiger partial charge on any atom is 0.138 e. The van der Waals surface area contributed by atoms with Crippen molar-refractivity contribution < 1.29 is 9.59 Å². The van der Waals surface area contributed by atoms with Crippen molar-refractivity contribution in [3.63, 3.8) is 0 Å². The lowest BCUT2D eigenvalue weighted by Crippen LogP contribution is -2.61. The van der Waals surface area contributed by atoms with Crippen molar-refractivity contribution in [1.82, 2.24) is 0 Å². The van der Waals surface area contributed by atoms with Crippen molar-refractivity contribution in [2.75, 3.05) is 20.6 Å². The molecule has 1 aliphatic rings. The average Bonchev–Trinajstić information content (AvgIpc) is 2.01. The number of piperidine rings is 1. The van der Waals surface area contributed by atoms with E-state index in [4.69, 9.17) is 6.42 Å². The van der Waals surface area contributed by atoms with Gasteiger partial charge in [0.2, 0.25) is 0 Å². The van der Waals surface area contributed by atoms with E-state index in [2.05, 4.69) is 26.9 Å². The highest BCUT2D eigenvalue weighted by Crippen LogP contribution is 2.33. The first-order valence-corrected chi connectivity index (χ1v) is 4.84. The first-order chi connectivity index (χ1) is 5.82. The Bertz CT molecular complexity index is 241. The van der Waals surface area contributed by atoms with Gasteiger partial charge in [0.25, 0.3) is 0 Å². The third-order valence-electron chi connectivity index (χ3n) is 3.61. The van der Waals surface area contributed by atoms with E-state index in [9.17, 15) is 5.11 Å². The Morgan fingerprint density at radius 1 is 1.46 bits per heavy atom. The molecular weight excluding hydrogens is 162 g/mol. The van der Waals surface area contributed by atoms with Gasteiger partial charge in [0.15, 0.2) is 0 Å². The van der Waals surface area contributed by atoms with E-state index >= 15 is 0 Å². The lowest BCUT2D eigenvalue weighted by Gasteiger charge is -2.48. The van der Waals surface area contributed by atoms with Crippen LogP contribution in [0.5, 0.6) is 0 Å². The quantitative estimate of drug-likeness (QED) is 0.435. The van der Waals surface area contributed by atoms with Gasteiger partial charge in [0, 0.05) is 12.3 Å². The summed E-state index contributed by atoms with van der Waals surface area (Å²) in [6.07, 6.45) is 6.08. The van der Waals surface area contributed by atoms with Crippen LogP contribution >= 0.6 is 0 Å². The Kier molecular flexibility index (Phi) is 2.44. The molecule has 1 heterocycles. The summed E-state index contributed by atoms with van der Waals surface area (Å²) in [5, 5.41) is 10.1. The number of aliphatic hydroxyl groups is 1. The molecular formula is C11H20NO+. The number of hydrogen-bond acceptors (Lipinski definition) is 1. The van der Waals surface area contributed by atoms with Crippen molar-refractivity contribution >= 4 is 0 Å². The third kappa shape index (κ3) is 1.72. The molecule has 1 aliphatic heterocycles. The van der Waals surface area contributed by atoms with Gasteiger partial charge >= 0.3 is 0 Å².